The first-order chi connectivity index (χ1) is 15.3. The van der Waals surface area contributed by atoms with Gasteiger partial charge in [0.15, 0.2) is 0 Å². The maximum absolute atomic E-state index is 10.9. The van der Waals surface area contributed by atoms with Gasteiger partial charge in [-0.3, -0.25) is 0 Å². The van der Waals surface area contributed by atoms with Crippen LogP contribution in [0.5, 0.6) is 0 Å². The first-order valence-corrected chi connectivity index (χ1v) is 14.2. The Kier molecular flexibility index (Phi) is 5.42. The van der Waals surface area contributed by atoms with Gasteiger partial charge in [-0.25, -0.2) is 0 Å². The highest BCUT2D eigenvalue weighted by molar-refractivity contribution is 5.30. The molecule has 9 atom stereocenters. The van der Waals surface area contributed by atoms with Gasteiger partial charge >= 0.3 is 0 Å². The smallest absolute Gasteiger partial charge is 0.0802 e. The first-order valence-electron chi connectivity index (χ1n) is 14.2. The Hall–Kier alpha value is -0.340. The van der Waals surface area contributed by atoms with Crippen molar-refractivity contribution in [3.63, 3.8) is 0 Å². The molecular formula is C31H52O2. The van der Waals surface area contributed by atoms with E-state index in [2.05, 4.69) is 60.6 Å². The molecule has 188 valence electrons. The average Bonchev–Trinajstić information content (AvgIpc) is 3.33. The van der Waals surface area contributed by atoms with Gasteiger partial charge in [-0.15, -0.1) is 0 Å². The van der Waals surface area contributed by atoms with Crippen LogP contribution in [0, 0.1) is 50.7 Å². The molecule has 5 saturated carbocycles. The number of hydrogen-bond acceptors (Lipinski definition) is 2. The van der Waals surface area contributed by atoms with Gasteiger partial charge < -0.3 is 9.84 Å². The molecule has 0 amide bonds. The summed E-state index contributed by atoms with van der Waals surface area (Å²) < 4.78 is 5.60. The molecule has 0 heterocycles. The van der Waals surface area contributed by atoms with E-state index in [0.717, 1.165) is 30.1 Å². The summed E-state index contributed by atoms with van der Waals surface area (Å²) in [6.07, 6.45) is 18.1. The van der Waals surface area contributed by atoms with Crippen LogP contribution in [0.15, 0.2) is 12.2 Å². The summed E-state index contributed by atoms with van der Waals surface area (Å²) in [7, 11) is 1.81. The summed E-state index contributed by atoms with van der Waals surface area (Å²) in [6, 6.07) is 0. The Morgan fingerprint density at radius 2 is 1.58 bits per heavy atom. The molecule has 2 nitrogen and oxygen atoms in total. The molecule has 0 bridgehead atoms. The SMILES string of the molecule is COC(C)(C)C=CCC(C)C1CCC2(C)C3CCC4C(C)(C)C(O)CCC45CC35CCC12C. The van der Waals surface area contributed by atoms with Crippen molar-refractivity contribution < 1.29 is 9.84 Å². The minimum atomic E-state index is -0.161. The van der Waals surface area contributed by atoms with Crippen molar-refractivity contribution in [2.24, 2.45) is 50.7 Å². The van der Waals surface area contributed by atoms with Crippen LogP contribution in [0.2, 0.25) is 0 Å². The first kappa shape index (κ1) is 24.4. The number of fused-ring (bicyclic) bond motifs is 2. The summed E-state index contributed by atoms with van der Waals surface area (Å²) in [5.41, 5.74) is 2.07. The number of aliphatic hydroxyl groups is 1. The number of aliphatic hydroxyl groups excluding tert-OH is 1. The van der Waals surface area contributed by atoms with Crippen molar-refractivity contribution in [1.29, 1.82) is 0 Å². The highest BCUT2D eigenvalue weighted by Gasteiger charge is 2.82. The summed E-state index contributed by atoms with van der Waals surface area (Å²) in [5.74, 6) is 3.23. The molecule has 33 heavy (non-hydrogen) atoms. The molecule has 0 saturated heterocycles. The minimum absolute atomic E-state index is 0.0976. The van der Waals surface area contributed by atoms with Crippen molar-refractivity contribution in [3.8, 4) is 0 Å². The van der Waals surface area contributed by atoms with E-state index in [1.54, 1.807) is 0 Å². The minimum Gasteiger partial charge on any atom is -0.393 e. The lowest BCUT2D eigenvalue weighted by Gasteiger charge is -2.63. The van der Waals surface area contributed by atoms with Gasteiger partial charge in [0, 0.05) is 7.11 Å². The predicted molar refractivity (Wildman–Crippen MR) is 137 cm³/mol. The molecule has 1 N–H and O–H groups in total. The zero-order chi connectivity index (χ0) is 24.1. The van der Waals surface area contributed by atoms with Crippen LogP contribution in [-0.4, -0.2) is 23.9 Å². The van der Waals surface area contributed by atoms with E-state index < -0.39 is 0 Å². The van der Waals surface area contributed by atoms with Gasteiger partial charge in [0.05, 0.1) is 11.7 Å². The summed E-state index contributed by atoms with van der Waals surface area (Å²) >= 11 is 0. The van der Waals surface area contributed by atoms with Crippen molar-refractivity contribution >= 4 is 0 Å². The Morgan fingerprint density at radius 3 is 2.27 bits per heavy atom. The van der Waals surface area contributed by atoms with Crippen LogP contribution >= 0.6 is 0 Å². The summed E-state index contributed by atoms with van der Waals surface area (Å²) in [4.78, 5) is 0. The van der Waals surface area contributed by atoms with E-state index in [1.807, 2.05) is 7.11 Å². The van der Waals surface area contributed by atoms with Gasteiger partial charge in [0.25, 0.3) is 0 Å². The summed E-state index contributed by atoms with van der Waals surface area (Å²) in [5, 5.41) is 10.9. The second-order valence-corrected chi connectivity index (χ2v) is 15.0. The number of rotatable bonds is 5. The third-order valence-electron chi connectivity index (χ3n) is 13.4. The number of ether oxygens (including phenoxy) is 1. The fraction of sp³-hybridized carbons (Fsp3) is 0.935. The molecule has 5 aliphatic rings. The third-order valence-corrected chi connectivity index (χ3v) is 13.4. The van der Waals surface area contributed by atoms with Gasteiger partial charge in [-0.2, -0.15) is 0 Å². The molecule has 0 aromatic heterocycles. The molecule has 0 aromatic rings. The second kappa shape index (κ2) is 7.34. The Labute approximate surface area is 204 Å². The van der Waals surface area contributed by atoms with E-state index >= 15 is 0 Å². The van der Waals surface area contributed by atoms with Crippen molar-refractivity contribution in [2.45, 2.75) is 124 Å². The molecule has 5 fully saturated rings. The molecule has 9 unspecified atom stereocenters. The third kappa shape index (κ3) is 3.04. The molecule has 2 heteroatoms. The lowest BCUT2D eigenvalue weighted by Crippen LogP contribution is -2.57. The molecule has 0 radical (unpaired) electrons. The standard InChI is InChI=1S/C31H52O2/c1-21(10-9-15-26(2,3)33-8)22-13-16-29(7)24-12-11-23-27(4,5)25(32)14-17-30(23)20-31(24,30)19-18-28(22,29)6/h9,15,21-25,32H,10-14,16-20H2,1-8H3. The number of methoxy groups -OCH3 is 1. The van der Waals surface area contributed by atoms with Crippen molar-refractivity contribution in [1.82, 2.24) is 0 Å². The van der Waals surface area contributed by atoms with E-state index in [0.29, 0.717) is 21.7 Å². The fourth-order valence-corrected chi connectivity index (χ4v) is 11.1. The van der Waals surface area contributed by atoms with E-state index in [1.165, 1.54) is 57.8 Å². The molecule has 5 aliphatic carbocycles. The second-order valence-electron chi connectivity index (χ2n) is 15.0. The van der Waals surface area contributed by atoms with Crippen molar-refractivity contribution in [2.75, 3.05) is 7.11 Å². The van der Waals surface area contributed by atoms with E-state index in [4.69, 9.17) is 4.74 Å². The number of allylic oxidation sites excluding steroid dienone is 1. The zero-order valence-corrected chi connectivity index (χ0v) is 23.0. The van der Waals surface area contributed by atoms with Gasteiger partial charge in [-0.05, 0) is 129 Å². The Balaban J connectivity index is 1.38. The zero-order valence-electron chi connectivity index (χ0n) is 23.0. The van der Waals surface area contributed by atoms with Gasteiger partial charge in [-0.1, -0.05) is 46.8 Å². The van der Waals surface area contributed by atoms with Gasteiger partial charge in [0.1, 0.15) is 0 Å². The predicted octanol–water partition coefficient (Wildman–Crippen LogP) is 7.79. The molecule has 2 spiro atoms. The van der Waals surface area contributed by atoms with E-state index in [-0.39, 0.29) is 17.1 Å². The monoisotopic (exact) mass is 456 g/mol. The topological polar surface area (TPSA) is 29.5 Å². The van der Waals surface area contributed by atoms with Crippen LogP contribution < -0.4 is 0 Å². The largest absolute Gasteiger partial charge is 0.393 e. The van der Waals surface area contributed by atoms with Crippen LogP contribution in [0.25, 0.3) is 0 Å². The highest BCUT2D eigenvalue weighted by Crippen LogP contribution is 2.89. The average molecular weight is 457 g/mol. The molecule has 0 aromatic carbocycles. The quantitative estimate of drug-likeness (QED) is 0.428. The summed E-state index contributed by atoms with van der Waals surface area (Å²) in [6.45, 7) is 17.0. The van der Waals surface area contributed by atoms with Gasteiger partial charge in [0.2, 0.25) is 0 Å². The molecular weight excluding hydrogens is 404 g/mol. The fourth-order valence-electron chi connectivity index (χ4n) is 11.1. The highest BCUT2D eigenvalue weighted by atomic mass is 16.5. The van der Waals surface area contributed by atoms with Crippen molar-refractivity contribution in [3.05, 3.63) is 12.2 Å². The Bertz CT molecular complexity index is 812. The van der Waals surface area contributed by atoms with Crippen LogP contribution in [0.1, 0.15) is 113 Å². The molecule has 0 aliphatic heterocycles. The maximum atomic E-state index is 10.9. The van der Waals surface area contributed by atoms with Crippen LogP contribution in [-0.2, 0) is 4.74 Å². The molecule has 5 rings (SSSR count). The van der Waals surface area contributed by atoms with Crippen LogP contribution in [0.3, 0.4) is 0 Å². The maximum Gasteiger partial charge on any atom is 0.0802 e. The van der Waals surface area contributed by atoms with E-state index in [9.17, 15) is 5.11 Å². The lowest BCUT2D eigenvalue weighted by molar-refractivity contribution is -0.161. The number of hydrogen-bond donors (Lipinski definition) is 1. The van der Waals surface area contributed by atoms with Crippen LogP contribution in [0.4, 0.5) is 0 Å². The lowest BCUT2D eigenvalue weighted by atomic mass is 9.42. The Morgan fingerprint density at radius 1 is 0.909 bits per heavy atom. The normalized spacial score (nSPS) is 51.4.